The normalized spacial score (nSPS) is 10.2. The maximum absolute atomic E-state index is 12.0. The fourth-order valence-corrected chi connectivity index (χ4v) is 2.19. The minimum atomic E-state index is -0.103. The summed E-state index contributed by atoms with van der Waals surface area (Å²) in [6, 6.07) is 15.0. The second-order valence-electron chi connectivity index (χ2n) is 5.59. The topological polar surface area (TPSA) is 59.6 Å². The molecule has 1 amide bonds. The fraction of sp³-hybridized carbons (Fsp3) is 0.350. The predicted molar refractivity (Wildman–Crippen MR) is 102 cm³/mol. The first-order valence-electron chi connectivity index (χ1n) is 8.70. The highest BCUT2D eigenvalue weighted by molar-refractivity contribution is 5.93. The van der Waals surface area contributed by atoms with E-state index in [9.17, 15) is 4.79 Å². The van der Waals surface area contributed by atoms with Gasteiger partial charge in [0.25, 0.3) is 0 Å². The molecule has 134 valence electrons. The molecule has 2 aromatic rings. The van der Waals surface area contributed by atoms with Gasteiger partial charge in [-0.15, -0.1) is 0 Å². The predicted octanol–water partition coefficient (Wildman–Crippen LogP) is 4.31. The Morgan fingerprint density at radius 1 is 0.880 bits per heavy atom. The monoisotopic (exact) mass is 342 g/mol. The lowest BCUT2D eigenvalue weighted by molar-refractivity contribution is -0.114. The summed E-state index contributed by atoms with van der Waals surface area (Å²) in [5.41, 5.74) is 1.62. The van der Waals surface area contributed by atoms with Crippen molar-refractivity contribution in [1.82, 2.24) is 0 Å². The van der Waals surface area contributed by atoms with Crippen molar-refractivity contribution in [3.8, 4) is 11.5 Å². The van der Waals surface area contributed by atoms with Crippen LogP contribution in [0.1, 0.15) is 26.7 Å². The fourth-order valence-electron chi connectivity index (χ4n) is 2.19. The van der Waals surface area contributed by atoms with Crippen LogP contribution in [0.4, 0.5) is 11.4 Å². The summed E-state index contributed by atoms with van der Waals surface area (Å²) in [6.45, 7) is 5.62. The van der Waals surface area contributed by atoms with Crippen LogP contribution >= 0.6 is 0 Å². The molecule has 2 N–H and O–H groups in total. The summed E-state index contributed by atoms with van der Waals surface area (Å²) >= 11 is 0. The van der Waals surface area contributed by atoms with E-state index in [1.807, 2.05) is 55.5 Å². The third-order valence-corrected chi connectivity index (χ3v) is 3.52. The van der Waals surface area contributed by atoms with Gasteiger partial charge < -0.3 is 20.1 Å². The van der Waals surface area contributed by atoms with Crippen molar-refractivity contribution in [3.63, 3.8) is 0 Å². The number of anilines is 2. The summed E-state index contributed by atoms with van der Waals surface area (Å²) < 4.78 is 11.0. The zero-order valence-electron chi connectivity index (χ0n) is 14.9. The number of ether oxygens (including phenoxy) is 2. The molecule has 0 bridgehead atoms. The average Bonchev–Trinajstić information content (AvgIpc) is 2.63. The number of carbonyl (C=O) groups is 1. The van der Waals surface area contributed by atoms with E-state index in [4.69, 9.17) is 9.47 Å². The minimum absolute atomic E-state index is 0.103. The van der Waals surface area contributed by atoms with E-state index in [1.165, 1.54) is 0 Å². The summed E-state index contributed by atoms with van der Waals surface area (Å²) in [4.78, 5) is 12.0. The number of rotatable bonds is 10. The molecule has 0 atom stereocenters. The number of amides is 1. The van der Waals surface area contributed by atoms with Crippen LogP contribution in [0.3, 0.4) is 0 Å². The van der Waals surface area contributed by atoms with Gasteiger partial charge in [-0.05, 0) is 61.9 Å². The van der Waals surface area contributed by atoms with Crippen LogP contribution in [-0.4, -0.2) is 25.7 Å². The molecular weight excluding hydrogens is 316 g/mol. The van der Waals surface area contributed by atoms with Gasteiger partial charge in [0.2, 0.25) is 5.91 Å². The Morgan fingerprint density at radius 2 is 1.48 bits per heavy atom. The van der Waals surface area contributed by atoms with Crippen LogP contribution in [0.2, 0.25) is 0 Å². The molecule has 2 rings (SSSR count). The zero-order valence-corrected chi connectivity index (χ0v) is 14.9. The maximum Gasteiger partial charge on any atom is 0.243 e. The Balaban J connectivity index is 1.75. The van der Waals surface area contributed by atoms with Gasteiger partial charge in [0.1, 0.15) is 11.5 Å². The lowest BCUT2D eigenvalue weighted by atomic mass is 10.3. The van der Waals surface area contributed by atoms with Gasteiger partial charge in [-0.1, -0.05) is 13.3 Å². The van der Waals surface area contributed by atoms with E-state index in [0.717, 1.165) is 35.7 Å². The molecule has 0 heterocycles. The third-order valence-electron chi connectivity index (χ3n) is 3.52. The van der Waals surface area contributed by atoms with Gasteiger partial charge >= 0.3 is 0 Å². The van der Waals surface area contributed by atoms with Crippen LogP contribution in [0.5, 0.6) is 11.5 Å². The smallest absolute Gasteiger partial charge is 0.243 e. The molecule has 25 heavy (non-hydrogen) atoms. The number of nitrogens with one attached hydrogen (secondary N) is 2. The number of hydrogen-bond donors (Lipinski definition) is 2. The lowest BCUT2D eigenvalue weighted by Crippen LogP contribution is -2.21. The molecule has 0 spiro atoms. The number of carbonyl (C=O) groups excluding carboxylic acids is 1. The van der Waals surface area contributed by atoms with Gasteiger partial charge in [-0.3, -0.25) is 4.79 Å². The molecule has 0 aliphatic heterocycles. The van der Waals surface area contributed by atoms with Gasteiger partial charge in [-0.2, -0.15) is 0 Å². The first-order valence-corrected chi connectivity index (χ1v) is 8.70. The van der Waals surface area contributed by atoms with Gasteiger partial charge in [0, 0.05) is 11.4 Å². The Kier molecular flexibility index (Phi) is 7.63. The number of hydrogen-bond acceptors (Lipinski definition) is 4. The number of benzene rings is 2. The molecule has 0 unspecified atom stereocenters. The first-order chi connectivity index (χ1) is 12.2. The Labute approximate surface area is 149 Å². The van der Waals surface area contributed by atoms with Crippen LogP contribution in [0.25, 0.3) is 0 Å². The lowest BCUT2D eigenvalue weighted by Gasteiger charge is -2.10. The van der Waals surface area contributed by atoms with E-state index in [1.54, 1.807) is 0 Å². The molecule has 0 radical (unpaired) electrons. The molecule has 0 aliphatic rings. The second-order valence-corrected chi connectivity index (χ2v) is 5.59. The van der Waals surface area contributed by atoms with Crippen molar-refractivity contribution >= 4 is 17.3 Å². The average molecular weight is 342 g/mol. The second kappa shape index (κ2) is 10.2. The summed E-state index contributed by atoms with van der Waals surface area (Å²) in [5, 5.41) is 5.94. The van der Waals surface area contributed by atoms with E-state index in [0.29, 0.717) is 13.2 Å². The molecule has 0 saturated carbocycles. The highest BCUT2D eigenvalue weighted by Crippen LogP contribution is 2.17. The Morgan fingerprint density at radius 3 is 2.08 bits per heavy atom. The summed E-state index contributed by atoms with van der Waals surface area (Å²) in [7, 11) is 0. The van der Waals surface area contributed by atoms with Crippen LogP contribution in [-0.2, 0) is 4.79 Å². The molecule has 0 fully saturated rings. The molecule has 5 heteroatoms. The van der Waals surface area contributed by atoms with E-state index >= 15 is 0 Å². The van der Waals surface area contributed by atoms with Gasteiger partial charge in [-0.25, -0.2) is 0 Å². The molecule has 0 saturated heterocycles. The van der Waals surface area contributed by atoms with Crippen molar-refractivity contribution in [2.24, 2.45) is 0 Å². The highest BCUT2D eigenvalue weighted by Gasteiger charge is 2.03. The van der Waals surface area contributed by atoms with Gasteiger partial charge in [0.15, 0.2) is 0 Å². The maximum atomic E-state index is 12.0. The number of unbranched alkanes of at least 4 members (excludes halogenated alkanes) is 1. The SMILES string of the molecule is CCCCOc1ccc(NC(=O)CNc2ccc(OCC)cc2)cc1. The largest absolute Gasteiger partial charge is 0.494 e. The van der Waals surface area contributed by atoms with Crippen molar-refractivity contribution < 1.29 is 14.3 Å². The van der Waals surface area contributed by atoms with Crippen molar-refractivity contribution in [1.29, 1.82) is 0 Å². The van der Waals surface area contributed by atoms with E-state index in [2.05, 4.69) is 17.6 Å². The molecule has 0 aromatic heterocycles. The highest BCUT2D eigenvalue weighted by atomic mass is 16.5. The Hall–Kier alpha value is -2.69. The van der Waals surface area contributed by atoms with E-state index < -0.39 is 0 Å². The quantitative estimate of drug-likeness (QED) is 0.632. The standard InChI is InChI=1S/C20H26N2O3/c1-3-5-14-25-19-12-8-17(9-13-19)22-20(23)15-21-16-6-10-18(11-7-16)24-4-2/h6-13,21H,3-5,14-15H2,1-2H3,(H,22,23). The first kappa shape index (κ1) is 18.6. The van der Waals surface area contributed by atoms with Gasteiger partial charge in [0.05, 0.1) is 19.8 Å². The Bertz CT molecular complexity index is 639. The molecule has 5 nitrogen and oxygen atoms in total. The summed E-state index contributed by atoms with van der Waals surface area (Å²) in [6.07, 6.45) is 2.14. The van der Waals surface area contributed by atoms with Crippen molar-refractivity contribution in [2.45, 2.75) is 26.7 Å². The van der Waals surface area contributed by atoms with Crippen LogP contribution < -0.4 is 20.1 Å². The summed E-state index contributed by atoms with van der Waals surface area (Å²) in [5.74, 6) is 1.53. The van der Waals surface area contributed by atoms with Crippen molar-refractivity contribution in [3.05, 3.63) is 48.5 Å². The van der Waals surface area contributed by atoms with Crippen LogP contribution in [0.15, 0.2) is 48.5 Å². The molecule has 0 aliphatic carbocycles. The minimum Gasteiger partial charge on any atom is -0.494 e. The third kappa shape index (κ3) is 6.75. The molecular formula is C20H26N2O3. The van der Waals surface area contributed by atoms with E-state index in [-0.39, 0.29) is 12.5 Å². The zero-order chi connectivity index (χ0) is 17.9. The van der Waals surface area contributed by atoms with Crippen molar-refractivity contribution in [2.75, 3.05) is 30.4 Å². The molecule has 2 aromatic carbocycles. The van der Waals surface area contributed by atoms with Crippen LogP contribution in [0, 0.1) is 0 Å².